The van der Waals surface area contributed by atoms with Crippen molar-refractivity contribution in [3.63, 3.8) is 0 Å². The smallest absolute Gasteiger partial charge is 0.348 e. The van der Waals surface area contributed by atoms with E-state index in [4.69, 9.17) is 4.74 Å². The summed E-state index contributed by atoms with van der Waals surface area (Å²) in [6.07, 6.45) is 1.77. The lowest BCUT2D eigenvalue weighted by Gasteiger charge is -2.11. The lowest BCUT2D eigenvalue weighted by Crippen LogP contribution is -2.26. The highest BCUT2D eigenvalue weighted by atomic mass is 16.6. The van der Waals surface area contributed by atoms with E-state index < -0.39 is 11.9 Å². The maximum absolute atomic E-state index is 12.8. The molecule has 0 spiro atoms. The Hall–Kier alpha value is -3.34. The van der Waals surface area contributed by atoms with Crippen LogP contribution in [0.3, 0.4) is 0 Å². The highest BCUT2D eigenvalue weighted by Gasteiger charge is 2.35. The molecule has 3 rings (SSSR count). The fourth-order valence-corrected chi connectivity index (χ4v) is 2.87. The number of benzene rings is 2. The third-order valence-electron chi connectivity index (χ3n) is 4.25. The second-order valence-electron chi connectivity index (χ2n) is 6.16. The molecule has 27 heavy (non-hydrogen) atoms. The van der Waals surface area contributed by atoms with E-state index in [0.717, 1.165) is 12.8 Å². The van der Waals surface area contributed by atoms with Gasteiger partial charge in [0.15, 0.2) is 11.5 Å². The van der Waals surface area contributed by atoms with Gasteiger partial charge in [-0.3, -0.25) is 4.79 Å². The summed E-state index contributed by atoms with van der Waals surface area (Å²) in [6, 6.07) is 17.6. The molecule has 0 radical (unpaired) electrons. The van der Waals surface area contributed by atoms with Crippen molar-refractivity contribution in [2.75, 3.05) is 6.54 Å². The minimum absolute atomic E-state index is 0.0559. The van der Waals surface area contributed by atoms with E-state index in [0.29, 0.717) is 17.7 Å². The molecule has 138 valence electrons. The van der Waals surface area contributed by atoms with Gasteiger partial charge in [0.1, 0.15) is 5.57 Å². The molecule has 0 fully saturated rings. The first kappa shape index (κ1) is 18.5. The standard InChI is InChI=1S/C22H21NO4/c1-2-3-14-23-21(25)18(16-12-8-5-9-13-16)20-19(24)17(22(26)27-20)15-10-6-4-7-11-15/h4-13,24H,2-3,14H2,1H3,(H,23,25)/b20-18+. The van der Waals surface area contributed by atoms with Gasteiger partial charge in [-0.1, -0.05) is 74.0 Å². The minimum Gasteiger partial charge on any atom is -0.504 e. The molecule has 1 heterocycles. The fourth-order valence-electron chi connectivity index (χ4n) is 2.87. The number of rotatable bonds is 6. The van der Waals surface area contributed by atoms with Crippen molar-refractivity contribution in [1.29, 1.82) is 0 Å². The molecule has 0 atom stereocenters. The quantitative estimate of drug-likeness (QED) is 0.464. The van der Waals surface area contributed by atoms with Crippen LogP contribution in [-0.4, -0.2) is 23.5 Å². The Labute approximate surface area is 158 Å². The predicted octanol–water partition coefficient (Wildman–Crippen LogP) is 3.84. The van der Waals surface area contributed by atoms with Crippen molar-refractivity contribution in [2.24, 2.45) is 0 Å². The second-order valence-corrected chi connectivity index (χ2v) is 6.16. The van der Waals surface area contributed by atoms with Gasteiger partial charge in [-0.25, -0.2) is 4.79 Å². The Morgan fingerprint density at radius 2 is 1.67 bits per heavy atom. The SMILES string of the molecule is CCCCNC(=O)/C(=C1/OC(=O)C(c2ccccc2)=C1O)c1ccccc1. The molecule has 1 amide bonds. The third kappa shape index (κ3) is 3.92. The zero-order valence-corrected chi connectivity index (χ0v) is 15.1. The van der Waals surface area contributed by atoms with E-state index in [2.05, 4.69) is 5.32 Å². The lowest BCUT2D eigenvalue weighted by molar-refractivity contribution is -0.131. The molecule has 5 nitrogen and oxygen atoms in total. The summed E-state index contributed by atoms with van der Waals surface area (Å²) < 4.78 is 5.34. The predicted molar refractivity (Wildman–Crippen MR) is 103 cm³/mol. The molecule has 2 N–H and O–H groups in total. The van der Waals surface area contributed by atoms with E-state index in [1.807, 2.05) is 19.1 Å². The van der Waals surface area contributed by atoms with Gasteiger partial charge >= 0.3 is 5.97 Å². The van der Waals surface area contributed by atoms with Gasteiger partial charge in [-0.15, -0.1) is 0 Å². The maximum atomic E-state index is 12.8. The molecule has 0 aromatic heterocycles. The summed E-state index contributed by atoms with van der Waals surface area (Å²) in [5.41, 5.74) is 1.30. The van der Waals surface area contributed by atoms with Crippen molar-refractivity contribution in [3.05, 3.63) is 83.3 Å². The van der Waals surface area contributed by atoms with Crippen molar-refractivity contribution < 1.29 is 19.4 Å². The largest absolute Gasteiger partial charge is 0.504 e. The van der Waals surface area contributed by atoms with Crippen LogP contribution in [0.1, 0.15) is 30.9 Å². The van der Waals surface area contributed by atoms with Gasteiger partial charge < -0.3 is 15.2 Å². The summed E-state index contributed by atoms with van der Waals surface area (Å²) in [5, 5.41) is 13.5. The Kier molecular flexibility index (Phi) is 5.71. The third-order valence-corrected chi connectivity index (χ3v) is 4.25. The number of carbonyl (C=O) groups is 2. The molecule has 0 unspecified atom stereocenters. The van der Waals surface area contributed by atoms with Crippen molar-refractivity contribution in [1.82, 2.24) is 5.32 Å². The average Bonchev–Trinajstić information content (AvgIpc) is 2.98. The van der Waals surface area contributed by atoms with Crippen LogP contribution < -0.4 is 5.32 Å². The molecule has 1 aliphatic heterocycles. The molecule has 1 aliphatic rings. The maximum Gasteiger partial charge on any atom is 0.348 e. The van der Waals surface area contributed by atoms with Crippen LogP contribution in [0.15, 0.2) is 72.2 Å². The molecule has 2 aromatic rings. The number of nitrogens with one attached hydrogen (secondary N) is 1. The summed E-state index contributed by atoms with van der Waals surface area (Å²) in [7, 11) is 0. The topological polar surface area (TPSA) is 75.6 Å². The number of aliphatic hydroxyl groups is 1. The minimum atomic E-state index is -0.677. The number of cyclic esters (lactones) is 1. The van der Waals surface area contributed by atoms with Gasteiger partial charge in [0.25, 0.3) is 5.91 Å². The van der Waals surface area contributed by atoms with E-state index >= 15 is 0 Å². The summed E-state index contributed by atoms with van der Waals surface area (Å²) in [6.45, 7) is 2.53. The van der Waals surface area contributed by atoms with Crippen LogP contribution >= 0.6 is 0 Å². The lowest BCUT2D eigenvalue weighted by atomic mass is 10.0. The second kappa shape index (κ2) is 8.36. The van der Waals surface area contributed by atoms with Crippen LogP contribution in [0.2, 0.25) is 0 Å². The van der Waals surface area contributed by atoms with Crippen LogP contribution in [0.5, 0.6) is 0 Å². The monoisotopic (exact) mass is 363 g/mol. The molecule has 0 saturated carbocycles. The average molecular weight is 363 g/mol. The summed E-state index contributed by atoms with van der Waals surface area (Å²) >= 11 is 0. The number of aliphatic hydroxyl groups excluding tert-OH is 1. The van der Waals surface area contributed by atoms with Gasteiger partial charge in [-0.05, 0) is 17.5 Å². The van der Waals surface area contributed by atoms with E-state index in [9.17, 15) is 14.7 Å². The Morgan fingerprint density at radius 3 is 2.30 bits per heavy atom. The number of carbonyl (C=O) groups excluding carboxylic acids is 2. The van der Waals surface area contributed by atoms with E-state index in [-0.39, 0.29) is 22.7 Å². The van der Waals surface area contributed by atoms with Gasteiger partial charge in [0.05, 0.1) is 5.57 Å². The number of unbranched alkanes of at least 4 members (excludes halogenated alkanes) is 1. The molecule has 5 heteroatoms. The zero-order chi connectivity index (χ0) is 19.2. The Morgan fingerprint density at radius 1 is 1.04 bits per heavy atom. The normalized spacial score (nSPS) is 15.5. The molecule has 0 bridgehead atoms. The van der Waals surface area contributed by atoms with Crippen LogP contribution in [0, 0.1) is 0 Å². The highest BCUT2D eigenvalue weighted by molar-refractivity contribution is 6.26. The summed E-state index contributed by atoms with van der Waals surface area (Å²) in [4.78, 5) is 25.2. The highest BCUT2D eigenvalue weighted by Crippen LogP contribution is 2.36. The number of hydrogen-bond donors (Lipinski definition) is 2. The van der Waals surface area contributed by atoms with E-state index in [1.54, 1.807) is 48.5 Å². The van der Waals surface area contributed by atoms with Gasteiger partial charge in [-0.2, -0.15) is 0 Å². The van der Waals surface area contributed by atoms with Crippen molar-refractivity contribution in [2.45, 2.75) is 19.8 Å². The number of esters is 1. The van der Waals surface area contributed by atoms with Crippen molar-refractivity contribution in [3.8, 4) is 0 Å². The molecule has 0 saturated heterocycles. The van der Waals surface area contributed by atoms with Gasteiger partial charge in [0.2, 0.25) is 0 Å². The molecular weight excluding hydrogens is 342 g/mol. The van der Waals surface area contributed by atoms with E-state index in [1.165, 1.54) is 0 Å². The first-order valence-corrected chi connectivity index (χ1v) is 8.92. The number of hydrogen-bond acceptors (Lipinski definition) is 4. The summed E-state index contributed by atoms with van der Waals surface area (Å²) in [5.74, 6) is -1.50. The first-order valence-electron chi connectivity index (χ1n) is 8.92. The van der Waals surface area contributed by atoms with Crippen LogP contribution in [0.25, 0.3) is 11.1 Å². The Bertz CT molecular complexity index is 898. The molecule has 0 aliphatic carbocycles. The van der Waals surface area contributed by atoms with Crippen LogP contribution in [-0.2, 0) is 14.3 Å². The van der Waals surface area contributed by atoms with Crippen molar-refractivity contribution >= 4 is 23.0 Å². The Balaban J connectivity index is 2.10. The number of ether oxygens (including phenoxy) is 1. The fraction of sp³-hybridized carbons (Fsp3) is 0.182. The molecular formula is C22H21NO4. The first-order chi connectivity index (χ1) is 13.1. The number of amides is 1. The van der Waals surface area contributed by atoms with Crippen LogP contribution in [0.4, 0.5) is 0 Å². The van der Waals surface area contributed by atoms with Gasteiger partial charge in [0, 0.05) is 6.54 Å². The zero-order valence-electron chi connectivity index (χ0n) is 15.1. The molecule has 2 aromatic carbocycles.